The third-order valence-corrected chi connectivity index (χ3v) is 2.88. The van der Waals surface area contributed by atoms with Gasteiger partial charge in [0.15, 0.2) is 18.1 Å². The maximum absolute atomic E-state index is 5.84. The first-order chi connectivity index (χ1) is 9.63. The Balaban J connectivity index is 2.08. The minimum atomic E-state index is -0.0546. The first-order valence-electron chi connectivity index (χ1n) is 6.51. The molecule has 0 fully saturated rings. The molecule has 0 saturated carbocycles. The van der Waals surface area contributed by atoms with Gasteiger partial charge in [0, 0.05) is 12.5 Å². The van der Waals surface area contributed by atoms with Crippen LogP contribution >= 0.6 is 0 Å². The fourth-order valence-corrected chi connectivity index (χ4v) is 1.72. The molecule has 0 spiro atoms. The lowest BCUT2D eigenvalue weighted by Crippen LogP contribution is -2.05. The largest absolute Gasteiger partial charge is 0.493 e. The molecule has 1 heterocycles. The Morgan fingerprint density at radius 3 is 2.60 bits per heavy atom. The zero-order chi connectivity index (χ0) is 14.5. The number of ether oxygens (including phenoxy) is 2. The molecule has 2 rings (SSSR count). The average Bonchev–Trinajstić information content (AvgIpc) is 2.92. The molecular weight excluding hydrogens is 258 g/mol. The van der Waals surface area contributed by atoms with Crippen molar-refractivity contribution in [2.24, 2.45) is 5.73 Å². The molecule has 6 nitrogen and oxygen atoms in total. The van der Waals surface area contributed by atoms with Crippen LogP contribution in [0.25, 0.3) is 0 Å². The number of hydrogen-bond acceptors (Lipinski definition) is 6. The molecule has 0 unspecified atom stereocenters. The van der Waals surface area contributed by atoms with Gasteiger partial charge >= 0.3 is 0 Å². The number of nitrogens with two attached hydrogens (primary N) is 1. The highest BCUT2D eigenvalue weighted by Crippen LogP contribution is 2.30. The van der Waals surface area contributed by atoms with Crippen LogP contribution in [0.3, 0.4) is 0 Å². The van der Waals surface area contributed by atoms with E-state index in [1.165, 1.54) is 0 Å². The fraction of sp³-hybridized carbons (Fsp3) is 0.429. The van der Waals surface area contributed by atoms with Gasteiger partial charge in [0.25, 0.3) is 5.89 Å². The highest BCUT2D eigenvalue weighted by atomic mass is 16.5. The van der Waals surface area contributed by atoms with E-state index >= 15 is 0 Å². The molecule has 2 aromatic rings. The second kappa shape index (κ2) is 6.38. The fourth-order valence-electron chi connectivity index (χ4n) is 1.72. The summed E-state index contributed by atoms with van der Waals surface area (Å²) in [5, 5.41) is 7.78. The van der Waals surface area contributed by atoms with E-state index in [4.69, 9.17) is 19.6 Å². The molecule has 0 bridgehead atoms. The predicted molar refractivity (Wildman–Crippen MR) is 73.6 cm³/mol. The summed E-state index contributed by atoms with van der Waals surface area (Å²) >= 11 is 0. The molecule has 1 aromatic carbocycles. The summed E-state index contributed by atoms with van der Waals surface area (Å²) in [6.45, 7) is 4.08. The zero-order valence-corrected chi connectivity index (χ0v) is 11.9. The molecular formula is C14H19N3O3. The van der Waals surface area contributed by atoms with Gasteiger partial charge in [-0.3, -0.25) is 0 Å². The predicted octanol–water partition coefficient (Wildman–Crippen LogP) is 2.24. The standard InChI is InChI=1S/C14H19N3O3/c1-4-13-16-17-14(20-13)8-19-11-6-5-10(9(2)15)7-12(11)18-3/h5-7,9H,4,8,15H2,1-3H3/t9-/m1/s1. The highest BCUT2D eigenvalue weighted by molar-refractivity contribution is 5.43. The van der Waals surface area contributed by atoms with Crippen LogP contribution in [0.1, 0.15) is 37.2 Å². The van der Waals surface area contributed by atoms with Gasteiger partial charge in [-0.2, -0.15) is 0 Å². The number of benzene rings is 1. The number of aromatic nitrogens is 2. The van der Waals surface area contributed by atoms with E-state index in [1.807, 2.05) is 32.0 Å². The van der Waals surface area contributed by atoms with Crippen LogP contribution in [-0.2, 0) is 13.0 Å². The Labute approximate surface area is 117 Å². The van der Waals surface area contributed by atoms with Crippen LogP contribution in [0.2, 0.25) is 0 Å². The molecule has 0 aliphatic rings. The maximum Gasteiger partial charge on any atom is 0.253 e. The molecule has 2 N–H and O–H groups in total. The van der Waals surface area contributed by atoms with E-state index in [9.17, 15) is 0 Å². The van der Waals surface area contributed by atoms with E-state index < -0.39 is 0 Å². The first kappa shape index (κ1) is 14.3. The van der Waals surface area contributed by atoms with Crippen molar-refractivity contribution in [1.82, 2.24) is 10.2 Å². The van der Waals surface area contributed by atoms with Crippen molar-refractivity contribution in [2.45, 2.75) is 32.9 Å². The zero-order valence-electron chi connectivity index (χ0n) is 11.9. The molecule has 0 amide bonds. The molecule has 0 saturated heterocycles. The summed E-state index contributed by atoms with van der Waals surface area (Å²) in [4.78, 5) is 0. The van der Waals surface area contributed by atoms with Gasteiger partial charge in [0.2, 0.25) is 5.89 Å². The van der Waals surface area contributed by atoms with Crippen molar-refractivity contribution in [2.75, 3.05) is 7.11 Å². The Kier molecular flexibility index (Phi) is 4.57. The van der Waals surface area contributed by atoms with Gasteiger partial charge < -0.3 is 19.6 Å². The lowest BCUT2D eigenvalue weighted by molar-refractivity contribution is 0.247. The normalized spacial score (nSPS) is 12.2. The van der Waals surface area contributed by atoms with Crippen LogP contribution < -0.4 is 15.2 Å². The molecule has 20 heavy (non-hydrogen) atoms. The number of nitrogens with zero attached hydrogens (tertiary/aromatic N) is 2. The lowest BCUT2D eigenvalue weighted by Gasteiger charge is -2.12. The molecule has 0 aliphatic carbocycles. The van der Waals surface area contributed by atoms with Crippen molar-refractivity contribution in [3.63, 3.8) is 0 Å². The summed E-state index contributed by atoms with van der Waals surface area (Å²) in [7, 11) is 1.59. The van der Waals surface area contributed by atoms with Crippen molar-refractivity contribution in [3.8, 4) is 11.5 Å². The van der Waals surface area contributed by atoms with Gasteiger partial charge in [0.1, 0.15) is 0 Å². The Hall–Kier alpha value is -2.08. The average molecular weight is 277 g/mol. The van der Waals surface area contributed by atoms with Crippen LogP contribution in [0, 0.1) is 0 Å². The monoisotopic (exact) mass is 277 g/mol. The van der Waals surface area contributed by atoms with E-state index in [0.29, 0.717) is 29.7 Å². The maximum atomic E-state index is 5.84. The Morgan fingerprint density at radius 2 is 2.00 bits per heavy atom. The first-order valence-corrected chi connectivity index (χ1v) is 6.51. The van der Waals surface area contributed by atoms with E-state index in [0.717, 1.165) is 5.56 Å². The van der Waals surface area contributed by atoms with Crippen molar-refractivity contribution in [3.05, 3.63) is 35.5 Å². The Bertz CT molecular complexity index is 567. The van der Waals surface area contributed by atoms with Gasteiger partial charge in [-0.1, -0.05) is 13.0 Å². The Morgan fingerprint density at radius 1 is 1.25 bits per heavy atom. The highest BCUT2D eigenvalue weighted by Gasteiger charge is 2.10. The molecule has 0 radical (unpaired) electrons. The number of aryl methyl sites for hydroxylation is 1. The van der Waals surface area contributed by atoms with Gasteiger partial charge in [-0.15, -0.1) is 10.2 Å². The third kappa shape index (κ3) is 3.27. The number of hydrogen-bond donors (Lipinski definition) is 1. The summed E-state index contributed by atoms with van der Waals surface area (Å²) in [5.74, 6) is 2.30. The summed E-state index contributed by atoms with van der Waals surface area (Å²) in [6, 6.07) is 5.55. The molecule has 1 atom stereocenters. The van der Waals surface area contributed by atoms with E-state index in [-0.39, 0.29) is 12.6 Å². The second-order valence-corrected chi connectivity index (χ2v) is 4.43. The SMILES string of the molecule is CCc1nnc(COc2ccc([C@@H](C)N)cc2OC)o1. The van der Waals surface area contributed by atoms with Crippen LogP contribution in [0.5, 0.6) is 11.5 Å². The van der Waals surface area contributed by atoms with Crippen molar-refractivity contribution < 1.29 is 13.9 Å². The van der Waals surface area contributed by atoms with E-state index in [2.05, 4.69) is 10.2 Å². The smallest absolute Gasteiger partial charge is 0.253 e. The second-order valence-electron chi connectivity index (χ2n) is 4.43. The minimum Gasteiger partial charge on any atom is -0.493 e. The van der Waals surface area contributed by atoms with Crippen LogP contribution in [-0.4, -0.2) is 17.3 Å². The van der Waals surface area contributed by atoms with Gasteiger partial charge in [-0.05, 0) is 24.6 Å². The third-order valence-electron chi connectivity index (χ3n) is 2.88. The van der Waals surface area contributed by atoms with Gasteiger partial charge in [0.05, 0.1) is 7.11 Å². The summed E-state index contributed by atoms with van der Waals surface area (Å²) < 4.78 is 16.3. The molecule has 0 aliphatic heterocycles. The topological polar surface area (TPSA) is 83.4 Å². The molecule has 1 aromatic heterocycles. The van der Waals surface area contributed by atoms with E-state index in [1.54, 1.807) is 7.11 Å². The van der Waals surface area contributed by atoms with Crippen molar-refractivity contribution >= 4 is 0 Å². The molecule has 108 valence electrons. The lowest BCUT2D eigenvalue weighted by atomic mass is 10.1. The van der Waals surface area contributed by atoms with Crippen LogP contribution in [0.4, 0.5) is 0 Å². The summed E-state index contributed by atoms with van der Waals surface area (Å²) in [6.07, 6.45) is 0.708. The quantitative estimate of drug-likeness (QED) is 0.871. The van der Waals surface area contributed by atoms with Crippen LogP contribution in [0.15, 0.2) is 22.6 Å². The number of methoxy groups -OCH3 is 1. The van der Waals surface area contributed by atoms with Gasteiger partial charge in [-0.25, -0.2) is 0 Å². The summed E-state index contributed by atoms with van der Waals surface area (Å²) in [5.41, 5.74) is 6.83. The molecule has 6 heteroatoms. The van der Waals surface area contributed by atoms with Crippen molar-refractivity contribution in [1.29, 1.82) is 0 Å². The minimum absolute atomic E-state index is 0.0546. The number of rotatable bonds is 6.